The summed E-state index contributed by atoms with van der Waals surface area (Å²) in [6, 6.07) is 2.02. The highest BCUT2D eigenvalue weighted by Gasteiger charge is 2.19. The van der Waals surface area contributed by atoms with E-state index in [4.69, 9.17) is 4.74 Å². The Balaban J connectivity index is 1.68. The lowest BCUT2D eigenvalue weighted by Crippen LogP contribution is -2.31. The minimum atomic E-state index is -0.0445. The van der Waals surface area contributed by atoms with Crippen molar-refractivity contribution in [3.8, 4) is 10.6 Å². The van der Waals surface area contributed by atoms with E-state index in [1.165, 1.54) is 11.3 Å². The van der Waals surface area contributed by atoms with E-state index in [2.05, 4.69) is 10.3 Å². The van der Waals surface area contributed by atoms with E-state index < -0.39 is 0 Å². The predicted octanol–water partition coefficient (Wildman–Crippen LogP) is 3.09. The minimum absolute atomic E-state index is 0.0445. The summed E-state index contributed by atoms with van der Waals surface area (Å²) in [7, 11) is 0. The lowest BCUT2D eigenvalue weighted by Gasteiger charge is -2.09. The van der Waals surface area contributed by atoms with Crippen LogP contribution in [0.1, 0.15) is 28.2 Å². The molecule has 4 nitrogen and oxygen atoms in total. The fourth-order valence-electron chi connectivity index (χ4n) is 2.21. The molecule has 1 amide bonds. The summed E-state index contributed by atoms with van der Waals surface area (Å²) < 4.78 is 5.51. The molecule has 0 aliphatic carbocycles. The summed E-state index contributed by atoms with van der Waals surface area (Å²) in [5.41, 5.74) is 1.88. The number of ether oxygens (including phenoxy) is 1. The Kier molecular flexibility index (Phi) is 4.14. The second kappa shape index (κ2) is 6.03. The van der Waals surface area contributed by atoms with Gasteiger partial charge in [-0.15, -0.1) is 11.3 Å². The molecule has 0 bridgehead atoms. The number of thiazole rings is 1. The van der Waals surface area contributed by atoms with Crippen molar-refractivity contribution in [2.45, 2.75) is 25.9 Å². The number of carbonyl (C=O) groups is 1. The van der Waals surface area contributed by atoms with Crippen molar-refractivity contribution in [3.63, 3.8) is 0 Å². The highest BCUT2D eigenvalue weighted by molar-refractivity contribution is 7.17. The molecule has 0 aromatic carbocycles. The summed E-state index contributed by atoms with van der Waals surface area (Å²) in [4.78, 5) is 17.4. The normalized spacial score (nSPS) is 18.4. The third-order valence-corrected chi connectivity index (χ3v) is 5.17. The van der Waals surface area contributed by atoms with Crippen molar-refractivity contribution in [1.82, 2.24) is 10.3 Å². The molecule has 1 saturated heterocycles. The van der Waals surface area contributed by atoms with Gasteiger partial charge in [-0.2, -0.15) is 11.3 Å². The zero-order chi connectivity index (χ0) is 13.9. The van der Waals surface area contributed by atoms with Crippen LogP contribution in [0, 0.1) is 6.92 Å². The van der Waals surface area contributed by atoms with Gasteiger partial charge in [0.2, 0.25) is 0 Å². The second-order valence-corrected chi connectivity index (χ2v) is 6.57. The number of aromatic nitrogens is 1. The summed E-state index contributed by atoms with van der Waals surface area (Å²) in [5, 5.41) is 7.92. The van der Waals surface area contributed by atoms with Crippen molar-refractivity contribution in [2.75, 3.05) is 13.2 Å². The topological polar surface area (TPSA) is 51.2 Å². The first-order chi connectivity index (χ1) is 9.74. The van der Waals surface area contributed by atoms with Crippen molar-refractivity contribution in [3.05, 3.63) is 27.4 Å². The number of rotatable bonds is 4. The summed E-state index contributed by atoms with van der Waals surface area (Å²) in [6.45, 7) is 3.28. The molecule has 2 aromatic heterocycles. The Morgan fingerprint density at radius 2 is 2.50 bits per heavy atom. The standard InChI is InChI=1S/C14H16N2O2S2/c1-9-12(13(17)15-7-11-3-2-5-18-11)20-14(16-9)10-4-6-19-8-10/h4,6,8,11H,2-3,5,7H2,1H3,(H,15,17). The van der Waals surface area contributed by atoms with Crippen LogP contribution in [0.25, 0.3) is 10.6 Å². The highest BCUT2D eigenvalue weighted by Crippen LogP contribution is 2.29. The molecular formula is C14H16N2O2S2. The van der Waals surface area contributed by atoms with Crippen molar-refractivity contribution in [1.29, 1.82) is 0 Å². The zero-order valence-electron chi connectivity index (χ0n) is 11.2. The summed E-state index contributed by atoms with van der Waals surface area (Å²) in [5.74, 6) is -0.0445. The van der Waals surface area contributed by atoms with Gasteiger partial charge in [-0.1, -0.05) is 0 Å². The van der Waals surface area contributed by atoms with Gasteiger partial charge in [0.15, 0.2) is 0 Å². The van der Waals surface area contributed by atoms with Crippen molar-refractivity contribution >= 4 is 28.6 Å². The first-order valence-corrected chi connectivity index (χ1v) is 8.40. The fraction of sp³-hybridized carbons (Fsp3) is 0.429. The van der Waals surface area contributed by atoms with Gasteiger partial charge in [-0.25, -0.2) is 4.98 Å². The van der Waals surface area contributed by atoms with Gasteiger partial charge >= 0.3 is 0 Å². The molecule has 3 rings (SSSR count). The van der Waals surface area contributed by atoms with Crippen LogP contribution in [0.3, 0.4) is 0 Å². The van der Waals surface area contributed by atoms with Gasteiger partial charge in [0.25, 0.3) is 5.91 Å². The SMILES string of the molecule is Cc1nc(-c2ccsc2)sc1C(=O)NCC1CCCO1. The Labute approximate surface area is 125 Å². The number of hydrogen-bond donors (Lipinski definition) is 1. The van der Waals surface area contributed by atoms with Crippen LogP contribution in [0.5, 0.6) is 0 Å². The number of nitrogens with one attached hydrogen (secondary N) is 1. The van der Waals surface area contributed by atoms with Crippen LogP contribution in [0.15, 0.2) is 16.8 Å². The number of amides is 1. The van der Waals surface area contributed by atoms with Crippen LogP contribution in [-0.4, -0.2) is 30.1 Å². The molecule has 0 spiro atoms. The molecule has 1 N–H and O–H groups in total. The molecule has 1 aliphatic rings. The van der Waals surface area contributed by atoms with Crippen molar-refractivity contribution in [2.24, 2.45) is 0 Å². The molecule has 6 heteroatoms. The summed E-state index contributed by atoms with van der Waals surface area (Å²) in [6.07, 6.45) is 2.29. The highest BCUT2D eigenvalue weighted by atomic mass is 32.1. The first-order valence-electron chi connectivity index (χ1n) is 6.64. The molecule has 106 valence electrons. The van der Waals surface area contributed by atoms with E-state index in [9.17, 15) is 4.79 Å². The number of thiophene rings is 1. The molecule has 1 atom stereocenters. The second-order valence-electron chi connectivity index (χ2n) is 4.79. The molecule has 20 heavy (non-hydrogen) atoms. The smallest absolute Gasteiger partial charge is 0.263 e. The lowest BCUT2D eigenvalue weighted by molar-refractivity contribution is 0.0860. The van der Waals surface area contributed by atoms with Gasteiger partial charge in [0.1, 0.15) is 9.88 Å². The molecule has 1 aliphatic heterocycles. The van der Waals surface area contributed by atoms with E-state index in [-0.39, 0.29) is 12.0 Å². The molecule has 0 saturated carbocycles. The molecule has 1 unspecified atom stereocenters. The molecule has 2 aromatic rings. The zero-order valence-corrected chi connectivity index (χ0v) is 12.9. The lowest BCUT2D eigenvalue weighted by atomic mass is 10.2. The van der Waals surface area contributed by atoms with E-state index >= 15 is 0 Å². The van der Waals surface area contributed by atoms with Gasteiger partial charge in [-0.05, 0) is 31.2 Å². The molecular weight excluding hydrogens is 292 g/mol. The van der Waals surface area contributed by atoms with Gasteiger partial charge in [0.05, 0.1) is 11.8 Å². The van der Waals surface area contributed by atoms with Crippen LogP contribution in [0.2, 0.25) is 0 Å². The number of nitrogens with zero attached hydrogens (tertiary/aromatic N) is 1. The Morgan fingerprint density at radius 1 is 1.60 bits per heavy atom. The minimum Gasteiger partial charge on any atom is -0.376 e. The van der Waals surface area contributed by atoms with E-state index in [1.807, 2.05) is 23.8 Å². The van der Waals surface area contributed by atoms with Gasteiger partial charge < -0.3 is 10.1 Å². The Hall–Kier alpha value is -1.24. The average Bonchev–Trinajstić information content (AvgIpc) is 3.17. The molecule has 1 fully saturated rings. The quantitative estimate of drug-likeness (QED) is 0.944. The number of aryl methyl sites for hydroxylation is 1. The maximum absolute atomic E-state index is 12.2. The number of carbonyl (C=O) groups excluding carboxylic acids is 1. The first kappa shape index (κ1) is 13.7. The molecule has 3 heterocycles. The third-order valence-electron chi connectivity index (χ3n) is 3.29. The largest absolute Gasteiger partial charge is 0.376 e. The van der Waals surface area contributed by atoms with Crippen LogP contribution in [0.4, 0.5) is 0 Å². The maximum atomic E-state index is 12.2. The number of hydrogen-bond acceptors (Lipinski definition) is 5. The van der Waals surface area contributed by atoms with Crippen molar-refractivity contribution < 1.29 is 9.53 Å². The third kappa shape index (κ3) is 2.92. The summed E-state index contributed by atoms with van der Waals surface area (Å²) >= 11 is 3.09. The maximum Gasteiger partial charge on any atom is 0.263 e. The Morgan fingerprint density at radius 3 is 3.20 bits per heavy atom. The Bertz CT molecular complexity index is 586. The fourth-order valence-corrected chi connectivity index (χ4v) is 3.90. The monoisotopic (exact) mass is 308 g/mol. The van der Waals surface area contributed by atoms with E-state index in [0.29, 0.717) is 11.4 Å². The van der Waals surface area contributed by atoms with E-state index in [0.717, 1.165) is 35.7 Å². The van der Waals surface area contributed by atoms with Gasteiger partial charge in [-0.3, -0.25) is 4.79 Å². The molecule has 0 radical (unpaired) electrons. The predicted molar refractivity (Wildman–Crippen MR) is 81.5 cm³/mol. The van der Waals surface area contributed by atoms with E-state index in [1.54, 1.807) is 11.3 Å². The van der Waals surface area contributed by atoms with Crippen LogP contribution < -0.4 is 5.32 Å². The average molecular weight is 308 g/mol. The van der Waals surface area contributed by atoms with Crippen LogP contribution in [-0.2, 0) is 4.74 Å². The van der Waals surface area contributed by atoms with Gasteiger partial charge in [0, 0.05) is 24.1 Å². The van der Waals surface area contributed by atoms with Crippen LogP contribution >= 0.6 is 22.7 Å².